The van der Waals surface area contributed by atoms with Gasteiger partial charge in [-0.05, 0) is 23.3 Å². The van der Waals surface area contributed by atoms with E-state index < -0.39 is 6.10 Å². The van der Waals surface area contributed by atoms with Crippen LogP contribution >= 0.6 is 0 Å². The summed E-state index contributed by atoms with van der Waals surface area (Å²) in [7, 11) is 0. The molecule has 0 bridgehead atoms. The molecule has 4 heteroatoms. The number of amides is 2. The lowest BCUT2D eigenvalue weighted by Gasteiger charge is -2.17. The Labute approximate surface area is 117 Å². The molecule has 0 aromatic heterocycles. The quantitative estimate of drug-likeness (QED) is 0.897. The number of anilines is 1. The van der Waals surface area contributed by atoms with Gasteiger partial charge in [0.05, 0.1) is 0 Å². The molecule has 1 fully saturated rings. The number of aliphatic hydroxyl groups excluding tert-OH is 1. The molecular formula is C16H16N2O2. The second-order valence-electron chi connectivity index (χ2n) is 4.79. The van der Waals surface area contributed by atoms with Crippen LogP contribution in [0.2, 0.25) is 0 Å². The van der Waals surface area contributed by atoms with E-state index >= 15 is 0 Å². The minimum absolute atomic E-state index is 0.0867. The van der Waals surface area contributed by atoms with E-state index in [1.807, 2.05) is 54.6 Å². The third-order valence-corrected chi connectivity index (χ3v) is 3.47. The van der Waals surface area contributed by atoms with Gasteiger partial charge >= 0.3 is 6.03 Å². The lowest BCUT2D eigenvalue weighted by molar-refractivity contribution is 0.220. The van der Waals surface area contributed by atoms with Gasteiger partial charge in [0.15, 0.2) is 0 Å². The predicted octanol–water partition coefficient (Wildman–Crippen LogP) is 2.30. The molecule has 1 aliphatic heterocycles. The van der Waals surface area contributed by atoms with E-state index in [9.17, 15) is 9.90 Å². The van der Waals surface area contributed by atoms with Crippen LogP contribution in [0.25, 0.3) is 0 Å². The molecule has 20 heavy (non-hydrogen) atoms. The molecule has 2 N–H and O–H groups in total. The van der Waals surface area contributed by atoms with Crippen molar-refractivity contribution in [3.05, 3.63) is 65.7 Å². The van der Waals surface area contributed by atoms with E-state index in [0.717, 1.165) is 16.8 Å². The zero-order valence-corrected chi connectivity index (χ0v) is 11.0. The number of urea groups is 1. The van der Waals surface area contributed by atoms with Crippen LogP contribution in [0.4, 0.5) is 10.5 Å². The van der Waals surface area contributed by atoms with Gasteiger partial charge in [0, 0.05) is 18.8 Å². The first-order chi connectivity index (χ1) is 9.75. The van der Waals surface area contributed by atoms with Gasteiger partial charge in [-0.1, -0.05) is 42.5 Å². The van der Waals surface area contributed by atoms with Crippen molar-refractivity contribution in [1.82, 2.24) is 5.32 Å². The number of carbonyl (C=O) groups excluding carboxylic acids is 1. The van der Waals surface area contributed by atoms with Crippen LogP contribution in [0.5, 0.6) is 0 Å². The topological polar surface area (TPSA) is 52.6 Å². The molecule has 0 spiro atoms. The molecule has 4 nitrogen and oxygen atoms in total. The number of nitrogens with one attached hydrogen (secondary N) is 1. The highest BCUT2D eigenvalue weighted by Crippen LogP contribution is 2.26. The monoisotopic (exact) mass is 268 g/mol. The average molecular weight is 268 g/mol. The number of hydrogen-bond donors (Lipinski definition) is 2. The molecular weight excluding hydrogens is 252 g/mol. The van der Waals surface area contributed by atoms with Crippen LogP contribution in [0, 0.1) is 0 Å². The van der Waals surface area contributed by atoms with Crippen molar-refractivity contribution >= 4 is 11.7 Å². The number of carbonyl (C=O) groups is 1. The highest BCUT2D eigenvalue weighted by molar-refractivity contribution is 5.94. The molecule has 1 saturated heterocycles. The summed E-state index contributed by atoms with van der Waals surface area (Å²) in [5.74, 6) is 0. The van der Waals surface area contributed by atoms with Gasteiger partial charge < -0.3 is 10.4 Å². The Morgan fingerprint density at radius 2 is 1.80 bits per heavy atom. The van der Waals surface area contributed by atoms with Crippen LogP contribution in [0.3, 0.4) is 0 Å². The summed E-state index contributed by atoms with van der Waals surface area (Å²) < 4.78 is 0. The molecule has 2 amide bonds. The van der Waals surface area contributed by atoms with E-state index in [-0.39, 0.29) is 6.03 Å². The van der Waals surface area contributed by atoms with Gasteiger partial charge in [-0.15, -0.1) is 0 Å². The van der Waals surface area contributed by atoms with Gasteiger partial charge in [-0.25, -0.2) is 4.79 Å². The number of aliphatic hydroxyl groups is 1. The molecule has 0 saturated carbocycles. The lowest BCUT2D eigenvalue weighted by Crippen LogP contribution is -2.27. The summed E-state index contributed by atoms with van der Waals surface area (Å²) in [6.07, 6.45) is -0.679. The number of benzene rings is 2. The average Bonchev–Trinajstić information content (AvgIpc) is 2.94. The first-order valence-corrected chi connectivity index (χ1v) is 6.64. The Balaban J connectivity index is 1.89. The molecule has 1 heterocycles. The van der Waals surface area contributed by atoms with Gasteiger partial charge in [-0.2, -0.15) is 0 Å². The fourth-order valence-corrected chi connectivity index (χ4v) is 2.41. The van der Waals surface area contributed by atoms with Crippen LogP contribution < -0.4 is 10.2 Å². The number of hydrogen-bond acceptors (Lipinski definition) is 2. The van der Waals surface area contributed by atoms with Crippen molar-refractivity contribution in [3.8, 4) is 0 Å². The summed E-state index contributed by atoms with van der Waals surface area (Å²) in [6.45, 7) is 1.31. The fraction of sp³-hybridized carbons (Fsp3) is 0.188. The molecule has 0 aliphatic carbocycles. The predicted molar refractivity (Wildman–Crippen MR) is 77.7 cm³/mol. The van der Waals surface area contributed by atoms with Crippen molar-refractivity contribution in [3.63, 3.8) is 0 Å². The highest BCUT2D eigenvalue weighted by atomic mass is 16.3. The maximum atomic E-state index is 11.7. The second-order valence-corrected chi connectivity index (χ2v) is 4.79. The Kier molecular flexibility index (Phi) is 3.39. The summed E-state index contributed by atoms with van der Waals surface area (Å²) in [5, 5.41) is 13.2. The Morgan fingerprint density at radius 3 is 2.50 bits per heavy atom. The summed E-state index contributed by atoms with van der Waals surface area (Å²) in [6, 6.07) is 16.9. The minimum Gasteiger partial charge on any atom is -0.384 e. The Morgan fingerprint density at radius 1 is 1.05 bits per heavy atom. The number of nitrogens with zero attached hydrogens (tertiary/aromatic N) is 1. The van der Waals surface area contributed by atoms with Gasteiger partial charge in [0.25, 0.3) is 0 Å². The first kappa shape index (κ1) is 12.7. The van der Waals surface area contributed by atoms with E-state index in [0.29, 0.717) is 13.1 Å². The first-order valence-electron chi connectivity index (χ1n) is 6.64. The molecule has 2 aromatic rings. The van der Waals surface area contributed by atoms with Crippen molar-refractivity contribution in [2.75, 3.05) is 18.0 Å². The Hall–Kier alpha value is -2.33. The normalized spacial score (nSPS) is 16.1. The molecule has 102 valence electrons. The molecule has 1 aliphatic rings. The van der Waals surface area contributed by atoms with E-state index in [1.54, 1.807) is 4.90 Å². The standard InChI is InChI=1S/C16H16N2O2/c19-15(12-5-2-1-3-6-12)13-7-4-8-14(11-13)18-10-9-17-16(18)20/h1-8,11,15,19H,9-10H2,(H,17,20). The summed E-state index contributed by atoms with van der Waals surface area (Å²) >= 11 is 0. The molecule has 3 rings (SSSR count). The Bertz CT molecular complexity index is 613. The SMILES string of the molecule is O=C1NCCN1c1cccc(C(O)c2ccccc2)c1. The van der Waals surface area contributed by atoms with E-state index in [1.165, 1.54) is 0 Å². The maximum Gasteiger partial charge on any atom is 0.321 e. The molecule has 1 atom stereocenters. The smallest absolute Gasteiger partial charge is 0.321 e. The second kappa shape index (κ2) is 5.35. The zero-order valence-electron chi connectivity index (χ0n) is 11.0. The fourth-order valence-electron chi connectivity index (χ4n) is 2.41. The van der Waals surface area contributed by atoms with Crippen molar-refractivity contribution in [1.29, 1.82) is 0 Å². The van der Waals surface area contributed by atoms with Gasteiger partial charge in [0.1, 0.15) is 6.10 Å². The molecule has 1 unspecified atom stereocenters. The summed E-state index contributed by atoms with van der Waals surface area (Å²) in [5.41, 5.74) is 2.44. The third-order valence-electron chi connectivity index (χ3n) is 3.47. The van der Waals surface area contributed by atoms with E-state index in [4.69, 9.17) is 0 Å². The third kappa shape index (κ3) is 2.38. The van der Waals surface area contributed by atoms with Crippen LogP contribution in [0.1, 0.15) is 17.2 Å². The highest BCUT2D eigenvalue weighted by Gasteiger charge is 2.21. The lowest BCUT2D eigenvalue weighted by atomic mass is 10.0. The van der Waals surface area contributed by atoms with E-state index in [2.05, 4.69) is 5.32 Å². The summed E-state index contributed by atoms with van der Waals surface area (Å²) in [4.78, 5) is 13.4. The molecule has 0 radical (unpaired) electrons. The van der Waals surface area contributed by atoms with Crippen molar-refractivity contribution in [2.24, 2.45) is 0 Å². The van der Waals surface area contributed by atoms with Crippen LogP contribution in [0.15, 0.2) is 54.6 Å². The zero-order chi connectivity index (χ0) is 13.9. The van der Waals surface area contributed by atoms with Gasteiger partial charge in [-0.3, -0.25) is 4.90 Å². The number of rotatable bonds is 3. The van der Waals surface area contributed by atoms with Gasteiger partial charge in [0.2, 0.25) is 0 Å². The largest absolute Gasteiger partial charge is 0.384 e. The van der Waals surface area contributed by atoms with Crippen molar-refractivity contribution in [2.45, 2.75) is 6.10 Å². The van der Waals surface area contributed by atoms with Crippen LogP contribution in [-0.2, 0) is 0 Å². The maximum absolute atomic E-state index is 11.7. The molecule has 2 aromatic carbocycles. The van der Waals surface area contributed by atoms with Crippen LogP contribution in [-0.4, -0.2) is 24.2 Å². The minimum atomic E-state index is -0.679. The van der Waals surface area contributed by atoms with Crippen molar-refractivity contribution < 1.29 is 9.90 Å².